The van der Waals surface area contributed by atoms with Crippen molar-refractivity contribution in [3.63, 3.8) is 0 Å². The van der Waals surface area contributed by atoms with Crippen molar-refractivity contribution in [2.24, 2.45) is 5.73 Å². The van der Waals surface area contributed by atoms with E-state index < -0.39 is 0 Å². The fourth-order valence-electron chi connectivity index (χ4n) is 2.08. The Hall–Kier alpha value is -1.23. The summed E-state index contributed by atoms with van der Waals surface area (Å²) in [5.41, 5.74) is 7.62. The molecule has 0 aliphatic carbocycles. The highest BCUT2D eigenvalue weighted by Gasteiger charge is 2.29. The summed E-state index contributed by atoms with van der Waals surface area (Å²) in [6, 6.07) is 10.3. The van der Waals surface area contributed by atoms with Crippen LogP contribution in [0.15, 0.2) is 30.3 Å². The van der Waals surface area contributed by atoms with E-state index in [1.165, 1.54) is 4.88 Å². The standard InChI is InChI=1S/C16H22N2OS/c1-4-16(2,19-3)15-18-14(13(20-15)10-11-17)12-8-6-5-7-9-12/h5-9H,4,10-11,17H2,1-3H3. The molecule has 0 radical (unpaired) electrons. The van der Waals surface area contributed by atoms with Crippen molar-refractivity contribution in [3.05, 3.63) is 40.2 Å². The molecule has 1 aromatic heterocycles. The molecule has 0 bridgehead atoms. The van der Waals surface area contributed by atoms with E-state index in [4.69, 9.17) is 15.5 Å². The number of aromatic nitrogens is 1. The predicted octanol–water partition coefficient (Wildman–Crippen LogP) is 3.58. The topological polar surface area (TPSA) is 48.1 Å². The molecule has 1 heterocycles. The highest BCUT2D eigenvalue weighted by molar-refractivity contribution is 7.12. The summed E-state index contributed by atoms with van der Waals surface area (Å²) in [4.78, 5) is 6.09. The summed E-state index contributed by atoms with van der Waals surface area (Å²) >= 11 is 1.72. The van der Waals surface area contributed by atoms with Gasteiger partial charge in [-0.05, 0) is 26.3 Å². The molecule has 0 fully saturated rings. The molecular weight excluding hydrogens is 268 g/mol. The Bertz CT molecular complexity index is 547. The number of thiazole rings is 1. The number of ether oxygens (including phenoxy) is 1. The summed E-state index contributed by atoms with van der Waals surface area (Å²) < 4.78 is 5.67. The van der Waals surface area contributed by atoms with Crippen LogP contribution in [0, 0.1) is 0 Å². The van der Waals surface area contributed by atoms with Crippen LogP contribution in [-0.4, -0.2) is 18.6 Å². The molecule has 2 rings (SSSR count). The lowest BCUT2D eigenvalue weighted by Crippen LogP contribution is -2.22. The molecule has 1 atom stereocenters. The van der Waals surface area contributed by atoms with Crippen LogP contribution in [0.1, 0.15) is 30.2 Å². The van der Waals surface area contributed by atoms with Crippen LogP contribution in [0.5, 0.6) is 0 Å². The maximum absolute atomic E-state index is 5.74. The van der Waals surface area contributed by atoms with Crippen LogP contribution < -0.4 is 5.73 Å². The molecule has 0 aliphatic rings. The Morgan fingerprint density at radius 3 is 2.55 bits per heavy atom. The Morgan fingerprint density at radius 1 is 1.30 bits per heavy atom. The summed E-state index contributed by atoms with van der Waals surface area (Å²) in [5.74, 6) is 0. The quantitative estimate of drug-likeness (QED) is 0.884. The minimum Gasteiger partial charge on any atom is -0.371 e. The van der Waals surface area contributed by atoms with Gasteiger partial charge in [0.2, 0.25) is 0 Å². The average Bonchev–Trinajstić information content (AvgIpc) is 2.92. The third-order valence-electron chi connectivity index (χ3n) is 3.69. The Balaban J connectivity index is 2.49. The first-order valence-corrected chi connectivity index (χ1v) is 7.77. The summed E-state index contributed by atoms with van der Waals surface area (Å²) in [5, 5.41) is 1.03. The van der Waals surface area contributed by atoms with E-state index in [0.717, 1.165) is 29.1 Å². The smallest absolute Gasteiger partial charge is 0.125 e. The number of rotatable bonds is 6. The van der Waals surface area contributed by atoms with E-state index in [1.54, 1.807) is 18.4 Å². The maximum atomic E-state index is 5.74. The van der Waals surface area contributed by atoms with Crippen molar-refractivity contribution in [1.82, 2.24) is 4.98 Å². The second-order valence-corrected chi connectivity index (χ2v) is 6.07. The summed E-state index contributed by atoms with van der Waals surface area (Å²) in [6.07, 6.45) is 1.75. The highest BCUT2D eigenvalue weighted by atomic mass is 32.1. The lowest BCUT2D eigenvalue weighted by atomic mass is 10.0. The van der Waals surface area contributed by atoms with E-state index in [0.29, 0.717) is 6.54 Å². The van der Waals surface area contributed by atoms with Gasteiger partial charge in [0.1, 0.15) is 10.6 Å². The molecule has 0 spiro atoms. The summed E-state index contributed by atoms with van der Waals surface area (Å²) in [7, 11) is 1.75. The molecule has 0 saturated heterocycles. The second kappa shape index (κ2) is 6.48. The minimum atomic E-state index is -0.318. The molecule has 2 aromatic rings. The first kappa shape index (κ1) is 15.2. The molecule has 2 N–H and O–H groups in total. The van der Waals surface area contributed by atoms with Gasteiger partial charge in [-0.1, -0.05) is 37.3 Å². The monoisotopic (exact) mass is 290 g/mol. The lowest BCUT2D eigenvalue weighted by molar-refractivity contribution is -0.00149. The van der Waals surface area contributed by atoms with E-state index in [2.05, 4.69) is 26.0 Å². The van der Waals surface area contributed by atoms with Crippen LogP contribution in [-0.2, 0) is 16.8 Å². The van der Waals surface area contributed by atoms with Crippen LogP contribution in [0.2, 0.25) is 0 Å². The lowest BCUT2D eigenvalue weighted by Gasteiger charge is -2.23. The molecule has 1 unspecified atom stereocenters. The van der Waals surface area contributed by atoms with Gasteiger partial charge >= 0.3 is 0 Å². The Morgan fingerprint density at radius 2 is 2.00 bits per heavy atom. The van der Waals surface area contributed by atoms with Crippen molar-refractivity contribution >= 4 is 11.3 Å². The molecule has 0 amide bonds. The maximum Gasteiger partial charge on any atom is 0.125 e. The highest BCUT2D eigenvalue weighted by Crippen LogP contribution is 2.37. The van der Waals surface area contributed by atoms with Gasteiger partial charge in [0, 0.05) is 17.6 Å². The van der Waals surface area contributed by atoms with E-state index in [9.17, 15) is 0 Å². The summed E-state index contributed by atoms with van der Waals surface area (Å²) in [6.45, 7) is 4.85. The molecule has 0 aliphatic heterocycles. The fourth-order valence-corrected chi connectivity index (χ4v) is 3.38. The molecule has 20 heavy (non-hydrogen) atoms. The van der Waals surface area contributed by atoms with Gasteiger partial charge in [0.15, 0.2) is 0 Å². The first-order valence-electron chi connectivity index (χ1n) is 6.95. The van der Waals surface area contributed by atoms with Crippen molar-refractivity contribution < 1.29 is 4.74 Å². The van der Waals surface area contributed by atoms with Gasteiger partial charge in [0.05, 0.1) is 5.69 Å². The van der Waals surface area contributed by atoms with Crippen LogP contribution in [0.25, 0.3) is 11.3 Å². The molecular formula is C16H22N2OS. The average molecular weight is 290 g/mol. The van der Waals surface area contributed by atoms with Crippen molar-refractivity contribution in [1.29, 1.82) is 0 Å². The number of methoxy groups -OCH3 is 1. The van der Waals surface area contributed by atoms with Gasteiger partial charge in [-0.25, -0.2) is 4.98 Å². The van der Waals surface area contributed by atoms with Crippen LogP contribution in [0.3, 0.4) is 0 Å². The number of nitrogens with two attached hydrogens (primary N) is 1. The largest absolute Gasteiger partial charge is 0.371 e. The number of hydrogen-bond acceptors (Lipinski definition) is 4. The third kappa shape index (κ3) is 2.92. The van der Waals surface area contributed by atoms with E-state index in [-0.39, 0.29) is 5.60 Å². The zero-order chi connectivity index (χ0) is 14.6. The first-order chi connectivity index (χ1) is 9.64. The van der Waals surface area contributed by atoms with Gasteiger partial charge in [-0.3, -0.25) is 0 Å². The SMILES string of the molecule is CCC(C)(OC)c1nc(-c2ccccc2)c(CCN)s1. The zero-order valence-corrected chi connectivity index (χ0v) is 13.2. The Labute approximate surface area is 124 Å². The predicted molar refractivity (Wildman–Crippen MR) is 85.0 cm³/mol. The van der Waals surface area contributed by atoms with E-state index in [1.807, 2.05) is 18.2 Å². The van der Waals surface area contributed by atoms with Gasteiger partial charge in [0.25, 0.3) is 0 Å². The van der Waals surface area contributed by atoms with Crippen LogP contribution in [0.4, 0.5) is 0 Å². The minimum absolute atomic E-state index is 0.318. The van der Waals surface area contributed by atoms with Crippen molar-refractivity contribution in [2.75, 3.05) is 13.7 Å². The van der Waals surface area contributed by atoms with Gasteiger partial charge in [-0.15, -0.1) is 11.3 Å². The molecule has 108 valence electrons. The molecule has 3 nitrogen and oxygen atoms in total. The molecule has 0 saturated carbocycles. The van der Waals surface area contributed by atoms with Crippen molar-refractivity contribution in [2.45, 2.75) is 32.3 Å². The number of benzene rings is 1. The molecule has 1 aromatic carbocycles. The fraction of sp³-hybridized carbons (Fsp3) is 0.438. The molecule has 4 heteroatoms. The Kier molecular flexibility index (Phi) is 4.91. The third-order valence-corrected chi connectivity index (χ3v) is 5.05. The second-order valence-electron chi connectivity index (χ2n) is 4.98. The van der Waals surface area contributed by atoms with E-state index >= 15 is 0 Å². The number of hydrogen-bond donors (Lipinski definition) is 1. The van der Waals surface area contributed by atoms with Gasteiger partial charge in [-0.2, -0.15) is 0 Å². The normalized spacial score (nSPS) is 14.2. The van der Waals surface area contributed by atoms with Crippen molar-refractivity contribution in [3.8, 4) is 11.3 Å². The zero-order valence-electron chi connectivity index (χ0n) is 12.3. The van der Waals surface area contributed by atoms with Gasteiger partial charge < -0.3 is 10.5 Å². The van der Waals surface area contributed by atoms with Crippen LogP contribution >= 0.6 is 11.3 Å². The number of nitrogens with zero attached hydrogens (tertiary/aromatic N) is 1.